The number of rotatable bonds is 2. The van der Waals surface area contributed by atoms with Gasteiger partial charge in [-0.1, -0.05) is 0 Å². The molecule has 0 unspecified atom stereocenters. The molecule has 1 aliphatic rings. The first-order chi connectivity index (χ1) is 12.5. The van der Waals surface area contributed by atoms with Crippen molar-refractivity contribution in [2.45, 2.75) is 6.42 Å². The fourth-order valence-corrected chi connectivity index (χ4v) is 3.43. The molecule has 0 N–H and O–H groups in total. The molecule has 26 heavy (non-hydrogen) atoms. The molecule has 3 heterocycles. The second-order valence-corrected chi connectivity index (χ2v) is 6.12. The Morgan fingerprint density at radius 1 is 1.15 bits per heavy atom. The molecule has 0 bridgehead atoms. The van der Waals surface area contributed by atoms with Crippen LogP contribution in [0.1, 0.15) is 5.56 Å². The van der Waals surface area contributed by atoms with Crippen LogP contribution in [0, 0.1) is 21.7 Å². The number of fused-ring (bicyclic) bond motifs is 3. The van der Waals surface area contributed by atoms with Gasteiger partial charge in [0.15, 0.2) is 0 Å². The third-order valence-electron chi connectivity index (χ3n) is 4.53. The van der Waals surface area contributed by atoms with Gasteiger partial charge in [-0.25, -0.2) is 18.3 Å². The summed E-state index contributed by atoms with van der Waals surface area (Å²) in [6.45, 7) is 0.398. The summed E-state index contributed by atoms with van der Waals surface area (Å²) in [5, 5.41) is 11.5. The molecule has 0 saturated carbocycles. The molecule has 132 valence electrons. The Balaban J connectivity index is 1.94. The van der Waals surface area contributed by atoms with Crippen molar-refractivity contribution in [1.82, 2.24) is 9.55 Å². The van der Waals surface area contributed by atoms with Gasteiger partial charge in [-0.3, -0.25) is 0 Å². The molecule has 0 atom stereocenters. The van der Waals surface area contributed by atoms with E-state index >= 15 is 0 Å². The van der Waals surface area contributed by atoms with Crippen molar-refractivity contribution in [1.29, 1.82) is 0 Å². The smallest absolute Gasteiger partial charge is 0.326 e. The predicted molar refractivity (Wildman–Crippen MR) is 92.4 cm³/mol. The van der Waals surface area contributed by atoms with E-state index < -0.39 is 10.7 Å². The van der Waals surface area contributed by atoms with Crippen molar-refractivity contribution in [3.8, 4) is 11.1 Å². The highest BCUT2D eigenvalue weighted by molar-refractivity contribution is 5.84. The van der Waals surface area contributed by atoms with Gasteiger partial charge in [-0.05, 0) is 41.7 Å². The molecular weight excluding hydrogens is 342 g/mol. The maximum atomic E-state index is 13.9. The molecule has 6 nitrogen and oxygen atoms in total. The Morgan fingerprint density at radius 3 is 2.58 bits per heavy atom. The third kappa shape index (κ3) is 2.50. The maximum absolute atomic E-state index is 13.9. The van der Waals surface area contributed by atoms with E-state index in [1.165, 1.54) is 22.8 Å². The topological polar surface area (TPSA) is 64.2 Å². The van der Waals surface area contributed by atoms with Crippen molar-refractivity contribution >= 4 is 17.3 Å². The van der Waals surface area contributed by atoms with Crippen LogP contribution in [0.2, 0.25) is 0 Å². The van der Waals surface area contributed by atoms with Crippen LogP contribution in [0.15, 0.2) is 42.7 Å². The number of nitrogens with zero attached hydrogens (tertiary/aromatic N) is 4. The van der Waals surface area contributed by atoms with E-state index in [2.05, 4.69) is 4.98 Å². The predicted octanol–water partition coefficient (Wildman–Crippen LogP) is 3.97. The summed E-state index contributed by atoms with van der Waals surface area (Å²) in [7, 11) is 1.59. The third-order valence-corrected chi connectivity index (χ3v) is 4.53. The molecule has 1 aliphatic heterocycles. The Morgan fingerprint density at radius 2 is 1.88 bits per heavy atom. The van der Waals surface area contributed by atoms with Gasteiger partial charge in [-0.15, -0.1) is 0 Å². The monoisotopic (exact) mass is 356 g/mol. The Hall–Kier alpha value is -3.29. The number of benzene rings is 1. The average Bonchev–Trinajstić information content (AvgIpc) is 2.86. The second kappa shape index (κ2) is 5.91. The van der Waals surface area contributed by atoms with Gasteiger partial charge in [0.1, 0.15) is 17.5 Å². The standard InChI is InChI=1S/C18H14F2N4O2/c1-22-10-16-14(18(22)24(25)26)6-7-23(13-4-2-11(19)3-5-13)17-15(16)8-12(20)9-21-17/h2-5,8-10H,6-7H2,1H3. The van der Waals surface area contributed by atoms with Crippen molar-refractivity contribution in [2.24, 2.45) is 7.05 Å². The number of aromatic nitrogens is 2. The summed E-state index contributed by atoms with van der Waals surface area (Å²) in [5.41, 5.74) is 2.29. The molecular formula is C18H14F2N4O2. The van der Waals surface area contributed by atoms with Gasteiger partial charge < -0.3 is 15.0 Å². The molecule has 2 aromatic heterocycles. The number of hydrogen-bond acceptors (Lipinski definition) is 4. The molecule has 0 radical (unpaired) electrons. The van der Waals surface area contributed by atoms with Crippen molar-refractivity contribution in [3.05, 3.63) is 70.0 Å². The molecule has 0 fully saturated rings. The summed E-state index contributed by atoms with van der Waals surface area (Å²) in [6.07, 6.45) is 3.11. The van der Waals surface area contributed by atoms with Crippen LogP contribution in [0.3, 0.4) is 0 Å². The first-order valence-electron chi connectivity index (χ1n) is 7.97. The van der Waals surface area contributed by atoms with Gasteiger partial charge in [0.2, 0.25) is 0 Å². The summed E-state index contributed by atoms with van der Waals surface area (Å²) >= 11 is 0. The van der Waals surface area contributed by atoms with Crippen molar-refractivity contribution in [3.63, 3.8) is 0 Å². The van der Waals surface area contributed by atoms with E-state index in [1.54, 1.807) is 25.4 Å². The average molecular weight is 356 g/mol. The molecule has 8 heteroatoms. The van der Waals surface area contributed by atoms with Crippen LogP contribution in [-0.2, 0) is 13.5 Å². The van der Waals surface area contributed by atoms with E-state index in [-0.39, 0.29) is 11.6 Å². The number of aryl methyl sites for hydroxylation is 1. The Labute approximate surface area is 147 Å². The Kier molecular flexibility index (Phi) is 3.68. The first-order valence-corrected chi connectivity index (χ1v) is 7.97. The quantitative estimate of drug-likeness (QED) is 0.515. The Bertz CT molecular complexity index is 1010. The molecule has 0 amide bonds. The zero-order valence-electron chi connectivity index (χ0n) is 13.8. The van der Waals surface area contributed by atoms with Gasteiger partial charge in [0, 0.05) is 23.4 Å². The lowest BCUT2D eigenvalue weighted by atomic mass is 10.0. The minimum absolute atomic E-state index is 0.0174. The van der Waals surface area contributed by atoms with Crippen LogP contribution in [0.25, 0.3) is 11.1 Å². The van der Waals surface area contributed by atoms with Crippen LogP contribution in [-0.4, -0.2) is 21.0 Å². The van der Waals surface area contributed by atoms with Gasteiger partial charge in [-0.2, -0.15) is 0 Å². The lowest BCUT2D eigenvalue weighted by molar-refractivity contribution is -0.392. The summed E-state index contributed by atoms with van der Waals surface area (Å²) in [4.78, 5) is 17.1. The van der Waals surface area contributed by atoms with Gasteiger partial charge >= 0.3 is 5.82 Å². The van der Waals surface area contributed by atoms with Crippen LogP contribution in [0.4, 0.5) is 26.1 Å². The highest BCUT2D eigenvalue weighted by atomic mass is 19.1. The number of anilines is 2. The fraction of sp³-hybridized carbons (Fsp3) is 0.167. The lowest BCUT2D eigenvalue weighted by Gasteiger charge is -2.23. The zero-order valence-corrected chi connectivity index (χ0v) is 13.8. The molecule has 4 rings (SSSR count). The highest BCUT2D eigenvalue weighted by Crippen LogP contribution is 2.42. The molecule has 3 aromatic rings. The lowest BCUT2D eigenvalue weighted by Crippen LogP contribution is -2.20. The number of hydrogen-bond donors (Lipinski definition) is 0. The van der Waals surface area contributed by atoms with E-state index in [0.29, 0.717) is 41.2 Å². The van der Waals surface area contributed by atoms with Crippen LogP contribution >= 0.6 is 0 Å². The van der Waals surface area contributed by atoms with E-state index in [1.807, 2.05) is 4.90 Å². The summed E-state index contributed by atoms with van der Waals surface area (Å²) < 4.78 is 28.6. The van der Waals surface area contributed by atoms with Crippen LogP contribution < -0.4 is 4.90 Å². The van der Waals surface area contributed by atoms with Gasteiger partial charge in [0.25, 0.3) is 0 Å². The SMILES string of the molecule is Cn1cc2c(c1[N+](=O)[O-])CCN(c1ccc(F)cc1)c1ncc(F)cc1-2. The normalized spacial score (nSPS) is 13.1. The molecule has 1 aromatic carbocycles. The zero-order chi connectivity index (χ0) is 18.4. The van der Waals surface area contributed by atoms with Crippen molar-refractivity contribution < 1.29 is 13.7 Å². The molecule has 0 saturated heterocycles. The number of halogens is 2. The van der Waals surface area contributed by atoms with Crippen molar-refractivity contribution in [2.75, 3.05) is 11.4 Å². The van der Waals surface area contributed by atoms with E-state index in [9.17, 15) is 18.9 Å². The van der Waals surface area contributed by atoms with E-state index in [0.717, 1.165) is 6.20 Å². The number of nitro groups is 1. The minimum Gasteiger partial charge on any atom is -0.358 e. The van der Waals surface area contributed by atoms with Gasteiger partial charge in [0.05, 0.1) is 25.0 Å². The van der Waals surface area contributed by atoms with E-state index in [4.69, 9.17) is 0 Å². The number of pyridine rings is 1. The summed E-state index contributed by atoms with van der Waals surface area (Å²) in [6, 6.07) is 7.20. The second-order valence-electron chi connectivity index (χ2n) is 6.12. The largest absolute Gasteiger partial charge is 0.358 e. The fourth-order valence-electron chi connectivity index (χ4n) is 3.43. The molecule has 0 spiro atoms. The molecule has 0 aliphatic carbocycles. The summed E-state index contributed by atoms with van der Waals surface area (Å²) in [5.74, 6) is -0.425. The first kappa shape index (κ1) is 16.2. The highest BCUT2D eigenvalue weighted by Gasteiger charge is 2.31. The maximum Gasteiger partial charge on any atom is 0.326 e. The minimum atomic E-state index is -0.526. The van der Waals surface area contributed by atoms with Crippen LogP contribution in [0.5, 0.6) is 0 Å².